The van der Waals surface area contributed by atoms with Gasteiger partial charge in [-0.2, -0.15) is 0 Å². The number of amides is 1. The van der Waals surface area contributed by atoms with Crippen LogP contribution in [-0.2, 0) is 4.79 Å². The lowest BCUT2D eigenvalue weighted by Crippen LogP contribution is -2.33. The number of aryl methyl sites for hydroxylation is 1. The highest BCUT2D eigenvalue weighted by Crippen LogP contribution is 2.41. The molecule has 2 fully saturated rings. The van der Waals surface area contributed by atoms with Gasteiger partial charge in [0.2, 0.25) is 5.91 Å². The number of carbonyl (C=O) groups excluding carboxylic acids is 1. The zero-order valence-corrected chi connectivity index (χ0v) is 21.0. The van der Waals surface area contributed by atoms with Crippen LogP contribution in [0, 0.1) is 6.92 Å². The maximum atomic E-state index is 12.8. The Morgan fingerprint density at radius 3 is 2.63 bits per heavy atom. The van der Waals surface area contributed by atoms with Crippen molar-refractivity contribution in [3.05, 3.63) is 83.9 Å². The Bertz CT molecular complexity index is 1150. The molecule has 1 amide bonds. The summed E-state index contributed by atoms with van der Waals surface area (Å²) >= 11 is 5.81. The van der Waals surface area contributed by atoms with E-state index in [9.17, 15) is 4.79 Å². The molecule has 2 aliphatic rings. The lowest BCUT2D eigenvalue weighted by Gasteiger charge is -2.32. The second-order valence-electron chi connectivity index (χ2n) is 9.62. The Morgan fingerprint density at radius 1 is 1.09 bits per heavy atom. The Balaban J connectivity index is 1.39. The van der Waals surface area contributed by atoms with Gasteiger partial charge < -0.3 is 20.1 Å². The standard InChI is InChI=1S/C28H33N5OS/c1-20-12-14-21(15-13-20)30-25(34)16-19-33-27(26(31-28(33)35)23-10-5-6-17-29-23)24-11-7-18-32(24)22-8-3-2-4-9-22/h5-7,10-15,17-18,22,26-27H,2-4,8-9,16,19H2,1H3,(H,30,34)(H,31,35)/t26-,27-/m0/s1. The van der Waals surface area contributed by atoms with E-state index in [4.69, 9.17) is 12.2 Å². The number of nitrogens with zero attached hydrogens (tertiary/aromatic N) is 3. The first-order valence-corrected chi connectivity index (χ1v) is 13.0. The van der Waals surface area contributed by atoms with Crippen molar-refractivity contribution in [2.24, 2.45) is 0 Å². The highest BCUT2D eigenvalue weighted by atomic mass is 32.1. The van der Waals surface area contributed by atoms with Crippen molar-refractivity contribution >= 4 is 28.9 Å². The smallest absolute Gasteiger partial charge is 0.226 e. The summed E-state index contributed by atoms with van der Waals surface area (Å²) in [4.78, 5) is 19.6. The molecule has 1 saturated carbocycles. The third-order valence-corrected chi connectivity index (χ3v) is 7.55. The van der Waals surface area contributed by atoms with Gasteiger partial charge in [0.15, 0.2) is 5.11 Å². The summed E-state index contributed by atoms with van der Waals surface area (Å²) < 4.78 is 2.45. The number of hydrogen-bond donors (Lipinski definition) is 2. The molecule has 182 valence electrons. The molecule has 1 saturated heterocycles. The van der Waals surface area contributed by atoms with Gasteiger partial charge in [-0.25, -0.2) is 0 Å². The van der Waals surface area contributed by atoms with E-state index in [1.54, 1.807) is 0 Å². The van der Waals surface area contributed by atoms with Gasteiger partial charge in [0.1, 0.15) is 0 Å². The normalized spacial score (nSPS) is 20.6. The molecule has 0 bridgehead atoms. The van der Waals surface area contributed by atoms with Crippen LogP contribution in [0.4, 0.5) is 5.69 Å². The molecule has 6 nitrogen and oxygen atoms in total. The monoisotopic (exact) mass is 487 g/mol. The summed E-state index contributed by atoms with van der Waals surface area (Å²) in [6.07, 6.45) is 10.7. The molecule has 1 aliphatic carbocycles. The molecular weight excluding hydrogens is 454 g/mol. The molecule has 3 heterocycles. The molecule has 7 heteroatoms. The van der Waals surface area contributed by atoms with Gasteiger partial charge in [0.05, 0.1) is 17.8 Å². The van der Waals surface area contributed by atoms with Gasteiger partial charge in [-0.3, -0.25) is 9.78 Å². The molecule has 0 unspecified atom stereocenters. The van der Waals surface area contributed by atoms with E-state index in [2.05, 4.69) is 49.5 Å². The molecule has 1 aromatic carbocycles. The highest BCUT2D eigenvalue weighted by molar-refractivity contribution is 7.80. The summed E-state index contributed by atoms with van der Waals surface area (Å²) in [5.74, 6) is -0.0145. The van der Waals surface area contributed by atoms with Gasteiger partial charge in [0, 0.05) is 42.8 Å². The fourth-order valence-electron chi connectivity index (χ4n) is 5.40. The number of pyridine rings is 1. The molecule has 0 spiro atoms. The molecule has 5 rings (SSSR count). The molecular formula is C28H33N5OS. The van der Waals surface area contributed by atoms with Gasteiger partial charge in [-0.05, 0) is 68.4 Å². The SMILES string of the molecule is Cc1ccc(NC(=O)CCN2C(=S)N[C@@H](c3ccccn3)[C@@H]2c2cccn2C2CCCCC2)cc1. The predicted octanol–water partition coefficient (Wildman–Crippen LogP) is 5.70. The number of benzene rings is 1. The number of anilines is 1. The lowest BCUT2D eigenvalue weighted by atomic mass is 9.94. The lowest BCUT2D eigenvalue weighted by molar-refractivity contribution is -0.116. The molecule has 2 aromatic heterocycles. The number of nitrogens with one attached hydrogen (secondary N) is 2. The first-order valence-electron chi connectivity index (χ1n) is 12.6. The van der Waals surface area contributed by atoms with Crippen LogP contribution in [0.2, 0.25) is 0 Å². The second-order valence-corrected chi connectivity index (χ2v) is 10.0. The van der Waals surface area contributed by atoms with Crippen molar-refractivity contribution < 1.29 is 4.79 Å². The molecule has 0 radical (unpaired) electrons. The van der Waals surface area contributed by atoms with E-state index in [0.29, 0.717) is 24.1 Å². The minimum absolute atomic E-state index is 0.0145. The van der Waals surface area contributed by atoms with E-state index in [0.717, 1.165) is 11.4 Å². The highest BCUT2D eigenvalue weighted by Gasteiger charge is 2.41. The molecule has 2 N–H and O–H groups in total. The summed E-state index contributed by atoms with van der Waals surface area (Å²) in [7, 11) is 0. The molecule has 3 aromatic rings. The first-order chi connectivity index (χ1) is 17.1. The van der Waals surface area contributed by atoms with E-state index < -0.39 is 0 Å². The third kappa shape index (κ3) is 5.25. The van der Waals surface area contributed by atoms with Crippen molar-refractivity contribution in [2.75, 3.05) is 11.9 Å². The van der Waals surface area contributed by atoms with Crippen LogP contribution < -0.4 is 10.6 Å². The van der Waals surface area contributed by atoms with E-state index in [-0.39, 0.29) is 18.0 Å². The van der Waals surface area contributed by atoms with Gasteiger partial charge in [0.25, 0.3) is 0 Å². The van der Waals surface area contributed by atoms with Crippen LogP contribution in [0.5, 0.6) is 0 Å². The maximum Gasteiger partial charge on any atom is 0.226 e. The van der Waals surface area contributed by atoms with Crippen LogP contribution in [0.15, 0.2) is 67.0 Å². The molecule has 2 atom stereocenters. The third-order valence-electron chi connectivity index (χ3n) is 7.20. The summed E-state index contributed by atoms with van der Waals surface area (Å²) in [6.45, 7) is 2.57. The van der Waals surface area contributed by atoms with E-state index >= 15 is 0 Å². The summed E-state index contributed by atoms with van der Waals surface area (Å²) in [5.41, 5.74) is 4.18. The van der Waals surface area contributed by atoms with E-state index in [1.165, 1.54) is 43.4 Å². The van der Waals surface area contributed by atoms with Crippen LogP contribution in [0.1, 0.15) is 73.6 Å². The van der Waals surface area contributed by atoms with Gasteiger partial charge in [-0.1, -0.05) is 43.0 Å². The quantitative estimate of drug-likeness (QED) is 0.419. The Kier molecular flexibility index (Phi) is 7.13. The molecule has 1 aliphatic heterocycles. The van der Waals surface area contributed by atoms with Crippen molar-refractivity contribution in [3.63, 3.8) is 0 Å². The number of rotatable bonds is 7. The average Bonchev–Trinajstić information content (AvgIpc) is 3.49. The van der Waals surface area contributed by atoms with Crippen molar-refractivity contribution in [1.82, 2.24) is 19.8 Å². The topological polar surface area (TPSA) is 62.2 Å². The Labute approximate surface area is 212 Å². The Hall–Kier alpha value is -3.19. The summed E-state index contributed by atoms with van der Waals surface area (Å²) in [6, 6.07) is 18.7. The minimum atomic E-state index is -0.0684. The van der Waals surface area contributed by atoms with Crippen molar-refractivity contribution in [1.29, 1.82) is 0 Å². The van der Waals surface area contributed by atoms with Crippen LogP contribution in [-0.4, -0.2) is 32.0 Å². The van der Waals surface area contributed by atoms with E-state index in [1.807, 2.05) is 49.5 Å². The zero-order chi connectivity index (χ0) is 24.2. The predicted molar refractivity (Wildman–Crippen MR) is 143 cm³/mol. The fourth-order valence-corrected chi connectivity index (χ4v) is 5.73. The average molecular weight is 488 g/mol. The number of aromatic nitrogens is 2. The van der Waals surface area contributed by atoms with Crippen LogP contribution in [0.25, 0.3) is 0 Å². The fraction of sp³-hybridized carbons (Fsp3) is 0.393. The van der Waals surface area contributed by atoms with Crippen molar-refractivity contribution in [3.8, 4) is 0 Å². The number of hydrogen-bond acceptors (Lipinski definition) is 3. The van der Waals surface area contributed by atoms with Gasteiger partial charge in [-0.15, -0.1) is 0 Å². The van der Waals surface area contributed by atoms with Crippen LogP contribution in [0.3, 0.4) is 0 Å². The first kappa shape index (κ1) is 23.5. The van der Waals surface area contributed by atoms with Crippen molar-refractivity contribution in [2.45, 2.75) is 63.6 Å². The largest absolute Gasteiger partial charge is 0.352 e. The number of thiocarbonyl (C=S) groups is 1. The minimum Gasteiger partial charge on any atom is -0.352 e. The maximum absolute atomic E-state index is 12.8. The second kappa shape index (κ2) is 10.6. The summed E-state index contributed by atoms with van der Waals surface area (Å²) in [5, 5.41) is 7.21. The zero-order valence-electron chi connectivity index (χ0n) is 20.2. The Morgan fingerprint density at radius 2 is 1.89 bits per heavy atom. The van der Waals surface area contributed by atoms with Crippen LogP contribution >= 0.6 is 12.2 Å². The number of carbonyl (C=O) groups is 1. The van der Waals surface area contributed by atoms with Gasteiger partial charge >= 0.3 is 0 Å². The molecule has 35 heavy (non-hydrogen) atoms.